The van der Waals surface area contributed by atoms with Crippen LogP contribution >= 0.6 is 11.8 Å². The van der Waals surface area contributed by atoms with Crippen LogP contribution in [0.25, 0.3) is 0 Å². The molecule has 2 amide bonds. The van der Waals surface area contributed by atoms with Gasteiger partial charge in [0.25, 0.3) is 0 Å². The van der Waals surface area contributed by atoms with Gasteiger partial charge in [-0.1, -0.05) is 36.4 Å². The molecular formula is C24H24FN3O4S. The maximum Gasteiger partial charge on any atom is 0.414 e. The lowest BCUT2D eigenvalue weighted by atomic mass is 10.1. The van der Waals surface area contributed by atoms with E-state index < -0.39 is 18.1 Å². The summed E-state index contributed by atoms with van der Waals surface area (Å²) in [5, 5.41) is 2.64. The molecule has 2 saturated heterocycles. The number of carbonyl (C=O) groups is 3. The van der Waals surface area contributed by atoms with Crippen molar-refractivity contribution in [1.29, 1.82) is 0 Å². The summed E-state index contributed by atoms with van der Waals surface area (Å²) in [5.41, 5.74) is 1.36. The summed E-state index contributed by atoms with van der Waals surface area (Å²) in [4.78, 5) is 40.1. The van der Waals surface area contributed by atoms with E-state index in [0.717, 1.165) is 17.6 Å². The number of carbonyl (C=O) groups excluding carboxylic acids is 3. The number of ketones is 1. The zero-order chi connectivity index (χ0) is 23.2. The number of thioether (sulfide) groups is 1. The number of ether oxygens (including phenoxy) is 1. The minimum Gasteiger partial charge on any atom is -0.442 e. The first-order chi connectivity index (χ1) is 16.0. The second kappa shape index (κ2) is 10.5. The maximum absolute atomic E-state index is 14.7. The minimum atomic E-state index is -0.590. The highest BCUT2D eigenvalue weighted by Crippen LogP contribution is 2.35. The number of cyclic esters (lactones) is 1. The van der Waals surface area contributed by atoms with Crippen LogP contribution in [0.4, 0.5) is 20.6 Å². The fourth-order valence-electron chi connectivity index (χ4n) is 3.77. The standard InChI is InChI=1S/C24H24FN3O4S/c25-19-7-4-8-20(23(19)27-11-13-33-14-12-27)28-16-18(32-24(28)31)15-26-22(30)10-9-21(29)17-5-2-1-3-6-17/h1-10,18H,11-16H2,(H,26,30)/t18-/m0/s1. The molecule has 2 aliphatic heterocycles. The van der Waals surface area contributed by atoms with E-state index in [1.165, 1.54) is 17.0 Å². The number of benzene rings is 2. The van der Waals surface area contributed by atoms with Crippen LogP contribution in [0.2, 0.25) is 0 Å². The predicted molar refractivity (Wildman–Crippen MR) is 126 cm³/mol. The third-order valence-corrected chi connectivity index (χ3v) is 6.35. The van der Waals surface area contributed by atoms with Crippen LogP contribution in [0.1, 0.15) is 10.4 Å². The van der Waals surface area contributed by atoms with Gasteiger partial charge in [0.2, 0.25) is 5.91 Å². The number of amides is 2. The Hall–Kier alpha value is -3.33. The SMILES string of the molecule is O=C(C=CC(=O)c1ccccc1)NC[C@H]1CN(c2cccc(F)c2N2CCSCC2)C(=O)O1. The Morgan fingerprint density at radius 2 is 1.85 bits per heavy atom. The highest BCUT2D eigenvalue weighted by atomic mass is 32.2. The number of para-hydroxylation sites is 1. The Bertz CT molecular complexity index is 1060. The number of nitrogens with one attached hydrogen (secondary N) is 1. The third kappa shape index (κ3) is 5.54. The van der Waals surface area contributed by atoms with Gasteiger partial charge < -0.3 is 15.0 Å². The van der Waals surface area contributed by atoms with Crippen LogP contribution < -0.4 is 15.1 Å². The number of allylic oxidation sites excluding steroid dienone is 1. The Kier molecular flexibility index (Phi) is 7.29. The zero-order valence-electron chi connectivity index (χ0n) is 17.9. The average molecular weight is 470 g/mol. The summed E-state index contributed by atoms with van der Waals surface area (Å²) in [6.45, 7) is 1.67. The fourth-order valence-corrected chi connectivity index (χ4v) is 4.67. The van der Waals surface area contributed by atoms with Crippen LogP contribution in [0.5, 0.6) is 0 Å². The smallest absolute Gasteiger partial charge is 0.414 e. The van der Waals surface area contributed by atoms with Gasteiger partial charge in [0.05, 0.1) is 24.5 Å². The summed E-state index contributed by atoms with van der Waals surface area (Å²) in [6.07, 6.45) is 1.19. The molecule has 33 heavy (non-hydrogen) atoms. The van der Waals surface area contributed by atoms with Crippen LogP contribution in [0, 0.1) is 5.82 Å². The second-order valence-electron chi connectivity index (χ2n) is 7.63. The third-order valence-electron chi connectivity index (χ3n) is 5.41. The van der Waals surface area contributed by atoms with E-state index in [0.29, 0.717) is 30.0 Å². The summed E-state index contributed by atoms with van der Waals surface area (Å²) in [5.74, 6) is 0.669. The molecule has 2 aliphatic rings. The predicted octanol–water partition coefficient (Wildman–Crippen LogP) is 3.26. The normalized spacial score (nSPS) is 18.5. The molecule has 1 N–H and O–H groups in total. The number of rotatable bonds is 7. The molecule has 1 atom stereocenters. The number of hydrogen-bond acceptors (Lipinski definition) is 6. The molecule has 2 aromatic carbocycles. The van der Waals surface area contributed by atoms with Crippen molar-refractivity contribution in [3.8, 4) is 0 Å². The van der Waals surface area contributed by atoms with Crippen molar-refractivity contribution >= 4 is 40.9 Å². The molecule has 0 aromatic heterocycles. The second-order valence-corrected chi connectivity index (χ2v) is 8.86. The molecule has 0 radical (unpaired) electrons. The summed E-state index contributed by atoms with van der Waals surface area (Å²) in [7, 11) is 0. The molecule has 4 rings (SSSR count). The van der Waals surface area contributed by atoms with E-state index in [-0.39, 0.29) is 24.7 Å². The Morgan fingerprint density at radius 1 is 1.09 bits per heavy atom. The first kappa shape index (κ1) is 22.8. The summed E-state index contributed by atoms with van der Waals surface area (Å²) >= 11 is 1.82. The number of halogens is 1. The average Bonchev–Trinajstić information content (AvgIpc) is 3.22. The first-order valence-electron chi connectivity index (χ1n) is 10.7. The van der Waals surface area contributed by atoms with Crippen molar-refractivity contribution in [3.05, 3.63) is 72.1 Å². The van der Waals surface area contributed by atoms with Crippen LogP contribution in [-0.2, 0) is 9.53 Å². The lowest BCUT2D eigenvalue weighted by Crippen LogP contribution is -2.36. The lowest BCUT2D eigenvalue weighted by Gasteiger charge is -2.32. The molecule has 172 valence electrons. The topological polar surface area (TPSA) is 79.0 Å². The molecule has 0 unspecified atom stereocenters. The molecule has 2 heterocycles. The van der Waals surface area contributed by atoms with Gasteiger partial charge in [0, 0.05) is 36.2 Å². The molecule has 0 aliphatic carbocycles. The van der Waals surface area contributed by atoms with Crippen molar-refractivity contribution in [3.63, 3.8) is 0 Å². The maximum atomic E-state index is 14.7. The van der Waals surface area contributed by atoms with Gasteiger partial charge >= 0.3 is 6.09 Å². The largest absolute Gasteiger partial charge is 0.442 e. The van der Waals surface area contributed by atoms with Crippen molar-refractivity contribution < 1.29 is 23.5 Å². The van der Waals surface area contributed by atoms with E-state index in [9.17, 15) is 18.8 Å². The van der Waals surface area contributed by atoms with Gasteiger partial charge in [-0.3, -0.25) is 14.5 Å². The Balaban J connectivity index is 1.36. The molecule has 2 fully saturated rings. The molecule has 0 saturated carbocycles. The van der Waals surface area contributed by atoms with Crippen molar-refractivity contribution in [2.24, 2.45) is 0 Å². The monoisotopic (exact) mass is 469 g/mol. The van der Waals surface area contributed by atoms with Gasteiger partial charge in [-0.15, -0.1) is 0 Å². The van der Waals surface area contributed by atoms with E-state index in [2.05, 4.69) is 5.32 Å². The minimum absolute atomic E-state index is 0.0793. The molecule has 7 nitrogen and oxygen atoms in total. The number of hydrogen-bond donors (Lipinski definition) is 1. The molecule has 0 bridgehead atoms. The Labute approximate surface area is 195 Å². The van der Waals surface area contributed by atoms with E-state index in [1.54, 1.807) is 42.5 Å². The van der Waals surface area contributed by atoms with E-state index in [1.807, 2.05) is 16.7 Å². The van der Waals surface area contributed by atoms with Gasteiger partial charge in [0.1, 0.15) is 11.9 Å². The fraction of sp³-hybridized carbons (Fsp3) is 0.292. The lowest BCUT2D eigenvalue weighted by molar-refractivity contribution is -0.116. The van der Waals surface area contributed by atoms with E-state index in [4.69, 9.17) is 4.74 Å². The van der Waals surface area contributed by atoms with Gasteiger partial charge in [0.15, 0.2) is 5.78 Å². The highest BCUT2D eigenvalue weighted by molar-refractivity contribution is 7.99. The van der Waals surface area contributed by atoms with E-state index >= 15 is 0 Å². The summed E-state index contributed by atoms with van der Waals surface area (Å²) in [6, 6.07) is 13.3. The zero-order valence-corrected chi connectivity index (χ0v) is 18.7. The van der Waals surface area contributed by atoms with Crippen molar-refractivity contribution in [1.82, 2.24) is 5.32 Å². The number of anilines is 2. The summed E-state index contributed by atoms with van der Waals surface area (Å²) < 4.78 is 20.1. The molecular weight excluding hydrogens is 445 g/mol. The van der Waals surface area contributed by atoms with Gasteiger partial charge in [-0.25, -0.2) is 9.18 Å². The highest BCUT2D eigenvalue weighted by Gasteiger charge is 2.35. The molecule has 0 spiro atoms. The molecule has 9 heteroatoms. The van der Waals surface area contributed by atoms with Gasteiger partial charge in [-0.2, -0.15) is 11.8 Å². The molecule has 2 aromatic rings. The van der Waals surface area contributed by atoms with Crippen LogP contribution in [0.3, 0.4) is 0 Å². The van der Waals surface area contributed by atoms with Crippen LogP contribution in [-0.4, -0.2) is 61.6 Å². The Morgan fingerprint density at radius 3 is 2.61 bits per heavy atom. The van der Waals surface area contributed by atoms with Crippen molar-refractivity contribution in [2.75, 3.05) is 47.5 Å². The van der Waals surface area contributed by atoms with Gasteiger partial charge in [-0.05, 0) is 18.2 Å². The van der Waals surface area contributed by atoms with Crippen LogP contribution in [0.15, 0.2) is 60.7 Å². The van der Waals surface area contributed by atoms with Crippen molar-refractivity contribution in [2.45, 2.75) is 6.10 Å². The number of nitrogens with zero attached hydrogens (tertiary/aromatic N) is 2. The first-order valence-corrected chi connectivity index (χ1v) is 11.8. The quantitative estimate of drug-likeness (QED) is 0.495.